The van der Waals surface area contributed by atoms with E-state index in [9.17, 15) is 21.6 Å². The Morgan fingerprint density at radius 2 is 1.55 bits per heavy atom. The summed E-state index contributed by atoms with van der Waals surface area (Å²) in [5, 5.41) is 0.370. The highest BCUT2D eigenvalue weighted by Gasteiger charge is 2.26. The lowest BCUT2D eigenvalue weighted by molar-refractivity contribution is 0.0985. The molecule has 0 aliphatic carbocycles. The molecular formula is C28H32N4O5S3. The number of hydrogen-bond donors (Lipinski definition) is 0. The summed E-state index contributed by atoms with van der Waals surface area (Å²) in [6, 6.07) is 20.2. The van der Waals surface area contributed by atoms with E-state index in [0.29, 0.717) is 40.5 Å². The van der Waals surface area contributed by atoms with Crippen molar-refractivity contribution >= 4 is 52.5 Å². The van der Waals surface area contributed by atoms with Crippen molar-refractivity contribution < 1.29 is 21.6 Å². The lowest BCUT2D eigenvalue weighted by atomic mass is 10.2. The quantitative estimate of drug-likeness (QED) is 0.255. The van der Waals surface area contributed by atoms with E-state index in [-0.39, 0.29) is 22.2 Å². The number of carbonyl (C=O) groups is 1. The first kappa shape index (κ1) is 29.8. The van der Waals surface area contributed by atoms with Gasteiger partial charge in [-0.1, -0.05) is 54.7 Å². The average Bonchev–Trinajstić information content (AvgIpc) is 3.35. The maximum atomic E-state index is 13.7. The van der Waals surface area contributed by atoms with Gasteiger partial charge in [-0.3, -0.25) is 9.69 Å². The van der Waals surface area contributed by atoms with Crippen molar-refractivity contribution in [1.82, 2.24) is 14.2 Å². The molecule has 0 saturated heterocycles. The highest BCUT2D eigenvalue weighted by molar-refractivity contribution is 7.91. The maximum Gasteiger partial charge on any atom is 0.260 e. The molecule has 4 rings (SSSR count). The zero-order chi connectivity index (χ0) is 29.1. The Hall–Kier alpha value is -3.16. The van der Waals surface area contributed by atoms with Crippen LogP contribution in [0.5, 0.6) is 0 Å². The molecule has 4 aromatic rings. The van der Waals surface area contributed by atoms with Crippen LogP contribution in [0.15, 0.2) is 82.6 Å². The summed E-state index contributed by atoms with van der Waals surface area (Å²) >= 11 is 1.23. The van der Waals surface area contributed by atoms with Gasteiger partial charge in [-0.2, -0.15) is 4.31 Å². The van der Waals surface area contributed by atoms with Crippen LogP contribution in [0, 0.1) is 0 Å². The summed E-state index contributed by atoms with van der Waals surface area (Å²) < 4.78 is 53.4. The molecular weight excluding hydrogens is 569 g/mol. The molecule has 12 heteroatoms. The van der Waals surface area contributed by atoms with Gasteiger partial charge in [0.1, 0.15) is 5.52 Å². The van der Waals surface area contributed by atoms with E-state index < -0.39 is 19.9 Å². The van der Waals surface area contributed by atoms with Crippen molar-refractivity contribution in [2.45, 2.75) is 23.3 Å². The van der Waals surface area contributed by atoms with Crippen molar-refractivity contribution in [3.05, 3.63) is 83.9 Å². The molecule has 9 nitrogen and oxygen atoms in total. The number of fused-ring (bicyclic) bond motifs is 1. The number of hydrogen-bond acceptors (Lipinski definition) is 8. The van der Waals surface area contributed by atoms with Gasteiger partial charge in [0.15, 0.2) is 15.0 Å². The number of para-hydroxylation sites is 1. The van der Waals surface area contributed by atoms with Crippen molar-refractivity contribution in [2.24, 2.45) is 0 Å². The number of nitrogens with zero attached hydrogens (tertiary/aromatic N) is 4. The van der Waals surface area contributed by atoms with Gasteiger partial charge in [-0.25, -0.2) is 21.8 Å². The Balaban J connectivity index is 1.65. The minimum absolute atomic E-state index is 0.0967. The van der Waals surface area contributed by atoms with Gasteiger partial charge in [0.2, 0.25) is 10.0 Å². The second kappa shape index (κ2) is 12.1. The molecule has 0 spiro atoms. The number of sulfonamides is 1. The highest BCUT2D eigenvalue weighted by Crippen LogP contribution is 2.33. The second-order valence-electron chi connectivity index (χ2n) is 9.57. The average molecular weight is 601 g/mol. The zero-order valence-corrected chi connectivity index (χ0v) is 25.3. The molecule has 40 heavy (non-hydrogen) atoms. The number of benzene rings is 3. The summed E-state index contributed by atoms with van der Waals surface area (Å²) in [6.45, 7) is 3.17. The number of sulfone groups is 1. The fourth-order valence-electron chi connectivity index (χ4n) is 4.14. The smallest absolute Gasteiger partial charge is 0.260 e. The minimum atomic E-state index is -3.79. The Morgan fingerprint density at radius 3 is 2.15 bits per heavy atom. The van der Waals surface area contributed by atoms with Gasteiger partial charge in [-0.15, -0.1) is 0 Å². The van der Waals surface area contributed by atoms with E-state index in [2.05, 4.69) is 4.98 Å². The third kappa shape index (κ3) is 6.58. The molecule has 0 radical (unpaired) electrons. The summed E-state index contributed by atoms with van der Waals surface area (Å²) in [4.78, 5) is 21.9. The van der Waals surface area contributed by atoms with Gasteiger partial charge < -0.3 is 4.90 Å². The lowest BCUT2D eigenvalue weighted by Gasteiger charge is -2.23. The first-order chi connectivity index (χ1) is 18.9. The summed E-state index contributed by atoms with van der Waals surface area (Å²) in [5.74, 6) is -0.359. The van der Waals surface area contributed by atoms with Crippen LogP contribution in [0.3, 0.4) is 0 Å². The summed E-state index contributed by atoms with van der Waals surface area (Å²) in [7, 11) is -3.53. The van der Waals surface area contributed by atoms with E-state index in [4.69, 9.17) is 0 Å². The van der Waals surface area contributed by atoms with Crippen molar-refractivity contribution in [3.63, 3.8) is 0 Å². The summed E-state index contributed by atoms with van der Waals surface area (Å²) in [6.07, 6.45) is 1.13. The topological polar surface area (TPSA) is 108 Å². The third-order valence-corrected chi connectivity index (χ3v) is 10.4. The standard InChI is InChI=1S/C28H32N4O5S3/c1-5-31(20-21-10-7-6-8-11-21)40(36,37)23-16-14-22(15-17-23)27(33)32(19-18-30(2)3)28-29-26-24(38-28)12-9-13-25(26)39(4,34)35/h6-17H,5,18-20H2,1-4H3. The van der Waals surface area contributed by atoms with E-state index in [1.807, 2.05) is 49.3 Å². The van der Waals surface area contributed by atoms with Crippen molar-refractivity contribution in [1.29, 1.82) is 0 Å². The molecule has 1 aromatic heterocycles. The van der Waals surface area contributed by atoms with Gasteiger partial charge >= 0.3 is 0 Å². The molecule has 0 atom stereocenters. The first-order valence-electron chi connectivity index (χ1n) is 12.6. The van der Waals surface area contributed by atoms with E-state index in [0.717, 1.165) is 11.8 Å². The molecule has 0 saturated carbocycles. The normalized spacial score (nSPS) is 12.3. The zero-order valence-electron chi connectivity index (χ0n) is 22.8. The van der Waals surface area contributed by atoms with Crippen LogP contribution in [0.1, 0.15) is 22.8 Å². The van der Waals surface area contributed by atoms with E-state index in [1.54, 1.807) is 19.1 Å². The number of rotatable bonds is 11. The maximum absolute atomic E-state index is 13.7. The van der Waals surface area contributed by atoms with Crippen LogP contribution in [0.4, 0.5) is 5.13 Å². The van der Waals surface area contributed by atoms with E-state index in [1.165, 1.54) is 50.9 Å². The van der Waals surface area contributed by atoms with Crippen molar-refractivity contribution in [2.75, 3.05) is 44.9 Å². The van der Waals surface area contributed by atoms with Crippen LogP contribution in [0.25, 0.3) is 10.2 Å². The predicted octanol–water partition coefficient (Wildman–Crippen LogP) is 4.12. The van der Waals surface area contributed by atoms with E-state index >= 15 is 0 Å². The van der Waals surface area contributed by atoms with Crippen LogP contribution in [-0.2, 0) is 26.4 Å². The molecule has 0 unspecified atom stereocenters. The van der Waals surface area contributed by atoms with Gasteiger partial charge in [0.25, 0.3) is 5.91 Å². The molecule has 1 heterocycles. The molecule has 1 amide bonds. The number of amides is 1. The Labute approximate surface area is 239 Å². The monoisotopic (exact) mass is 600 g/mol. The molecule has 0 fully saturated rings. The van der Waals surface area contributed by atoms with Crippen LogP contribution < -0.4 is 4.90 Å². The Morgan fingerprint density at radius 1 is 0.875 bits per heavy atom. The number of likely N-dealkylation sites (N-methyl/N-ethyl adjacent to an activating group) is 1. The fraction of sp³-hybridized carbons (Fsp3) is 0.286. The Bertz CT molecular complexity index is 1700. The Kier molecular flexibility index (Phi) is 9.06. The molecule has 0 aliphatic heterocycles. The largest absolute Gasteiger partial charge is 0.308 e. The first-order valence-corrected chi connectivity index (χ1v) is 16.8. The van der Waals surface area contributed by atoms with Crippen LogP contribution >= 0.6 is 11.3 Å². The number of anilines is 1. The van der Waals surface area contributed by atoms with Gasteiger partial charge in [0, 0.05) is 38.0 Å². The third-order valence-electron chi connectivity index (χ3n) is 6.31. The number of aromatic nitrogens is 1. The lowest BCUT2D eigenvalue weighted by Crippen LogP contribution is -2.36. The van der Waals surface area contributed by atoms with Crippen molar-refractivity contribution in [3.8, 4) is 0 Å². The number of carbonyl (C=O) groups excluding carboxylic acids is 1. The molecule has 0 N–H and O–H groups in total. The molecule has 3 aromatic carbocycles. The molecule has 0 bridgehead atoms. The fourth-order valence-corrected chi connectivity index (χ4v) is 7.49. The molecule has 0 aliphatic rings. The highest BCUT2D eigenvalue weighted by atomic mass is 32.2. The van der Waals surface area contributed by atoms with Crippen LogP contribution in [-0.4, -0.2) is 76.9 Å². The van der Waals surface area contributed by atoms with Gasteiger partial charge in [0.05, 0.1) is 14.5 Å². The number of thiazole rings is 1. The molecule has 212 valence electrons. The SMILES string of the molecule is CCN(Cc1ccccc1)S(=O)(=O)c1ccc(C(=O)N(CCN(C)C)c2nc3c(S(C)(=O)=O)cccc3s2)cc1. The van der Waals surface area contributed by atoms with Crippen LogP contribution in [0.2, 0.25) is 0 Å². The predicted molar refractivity (Wildman–Crippen MR) is 159 cm³/mol. The minimum Gasteiger partial charge on any atom is -0.308 e. The van der Waals surface area contributed by atoms with Gasteiger partial charge in [-0.05, 0) is 56.1 Å². The second-order valence-corrected chi connectivity index (χ2v) is 14.5. The summed E-state index contributed by atoms with van der Waals surface area (Å²) in [5.41, 5.74) is 1.50.